The Morgan fingerprint density at radius 1 is 1.25 bits per heavy atom. The Hall–Kier alpha value is -1.02. The van der Waals surface area contributed by atoms with Crippen molar-refractivity contribution in [2.75, 3.05) is 6.54 Å². The fourth-order valence-corrected chi connectivity index (χ4v) is 2.81. The van der Waals surface area contributed by atoms with Gasteiger partial charge in [-0.25, -0.2) is 0 Å². The lowest BCUT2D eigenvalue weighted by Crippen LogP contribution is -2.24. The summed E-state index contributed by atoms with van der Waals surface area (Å²) in [6, 6.07) is 7.33. The van der Waals surface area contributed by atoms with E-state index in [0.717, 1.165) is 24.6 Å². The fourth-order valence-electron chi connectivity index (χ4n) is 2.81. The molecule has 0 spiro atoms. The van der Waals surface area contributed by atoms with E-state index >= 15 is 0 Å². The molecular formula is C18H29NO. The molecule has 112 valence electrons. The molecule has 0 fully saturated rings. The van der Waals surface area contributed by atoms with Crippen molar-refractivity contribution in [3.63, 3.8) is 0 Å². The third-order valence-corrected chi connectivity index (χ3v) is 4.08. The molecule has 1 heterocycles. The van der Waals surface area contributed by atoms with Gasteiger partial charge < -0.3 is 10.1 Å². The van der Waals surface area contributed by atoms with Crippen LogP contribution in [-0.2, 0) is 12.8 Å². The van der Waals surface area contributed by atoms with E-state index in [0.29, 0.717) is 12.1 Å². The van der Waals surface area contributed by atoms with E-state index < -0.39 is 0 Å². The second kappa shape index (κ2) is 7.12. The summed E-state index contributed by atoms with van der Waals surface area (Å²) in [6.45, 7) is 10.1. The van der Waals surface area contributed by atoms with Gasteiger partial charge in [-0.3, -0.25) is 0 Å². The van der Waals surface area contributed by atoms with E-state index in [1.165, 1.54) is 30.4 Å². The van der Waals surface area contributed by atoms with E-state index in [-0.39, 0.29) is 0 Å². The number of aryl methyl sites for hydroxylation is 1. The lowest BCUT2D eigenvalue weighted by molar-refractivity contribution is 0.254. The molecule has 0 radical (unpaired) electrons. The van der Waals surface area contributed by atoms with Crippen LogP contribution in [0.1, 0.15) is 51.7 Å². The van der Waals surface area contributed by atoms with Gasteiger partial charge in [0.15, 0.2) is 0 Å². The molecular weight excluding hydrogens is 246 g/mol. The monoisotopic (exact) mass is 275 g/mol. The van der Waals surface area contributed by atoms with E-state index in [9.17, 15) is 0 Å². The first kappa shape index (κ1) is 15.4. The molecule has 2 rings (SSSR count). The predicted octanol–water partition coefficient (Wildman–Crippen LogP) is 3.97. The zero-order valence-electron chi connectivity index (χ0n) is 13.4. The van der Waals surface area contributed by atoms with Gasteiger partial charge in [0.05, 0.1) is 0 Å². The van der Waals surface area contributed by atoms with Crippen molar-refractivity contribution in [1.82, 2.24) is 5.32 Å². The highest BCUT2D eigenvalue weighted by molar-refractivity contribution is 5.40. The smallest absolute Gasteiger partial charge is 0.123 e. The van der Waals surface area contributed by atoms with Crippen molar-refractivity contribution in [1.29, 1.82) is 0 Å². The molecule has 0 aliphatic carbocycles. The van der Waals surface area contributed by atoms with Gasteiger partial charge in [0.25, 0.3) is 0 Å². The van der Waals surface area contributed by atoms with Gasteiger partial charge in [-0.05, 0) is 55.8 Å². The summed E-state index contributed by atoms with van der Waals surface area (Å²) < 4.78 is 5.75. The van der Waals surface area contributed by atoms with Gasteiger partial charge >= 0.3 is 0 Å². The van der Waals surface area contributed by atoms with Crippen molar-refractivity contribution in [2.24, 2.45) is 5.92 Å². The largest absolute Gasteiger partial charge is 0.490 e. The number of hydrogen-bond donors (Lipinski definition) is 1. The zero-order chi connectivity index (χ0) is 14.5. The summed E-state index contributed by atoms with van der Waals surface area (Å²) >= 11 is 0. The van der Waals surface area contributed by atoms with Crippen LogP contribution in [0.5, 0.6) is 5.75 Å². The molecule has 1 aromatic carbocycles. The number of ether oxygens (including phenoxy) is 1. The highest BCUT2D eigenvalue weighted by atomic mass is 16.5. The highest BCUT2D eigenvalue weighted by Gasteiger charge is 2.18. The third kappa shape index (κ3) is 4.52. The Morgan fingerprint density at radius 3 is 2.80 bits per heavy atom. The Balaban J connectivity index is 1.75. The van der Waals surface area contributed by atoms with Gasteiger partial charge in [0, 0.05) is 12.5 Å². The normalized spacial score (nSPS) is 18.9. The summed E-state index contributed by atoms with van der Waals surface area (Å²) in [5.74, 6) is 1.88. The van der Waals surface area contributed by atoms with Gasteiger partial charge in [-0.2, -0.15) is 0 Å². The second-order valence-corrected chi connectivity index (χ2v) is 6.62. The molecule has 1 N–H and O–H groups in total. The van der Waals surface area contributed by atoms with Crippen molar-refractivity contribution in [2.45, 2.75) is 65.5 Å². The minimum atomic E-state index is 0.348. The zero-order valence-corrected chi connectivity index (χ0v) is 13.4. The topological polar surface area (TPSA) is 21.3 Å². The maximum atomic E-state index is 5.75. The molecule has 0 saturated heterocycles. The number of fused-ring (bicyclic) bond motifs is 1. The minimum absolute atomic E-state index is 0.348. The molecule has 20 heavy (non-hydrogen) atoms. The van der Waals surface area contributed by atoms with E-state index in [2.05, 4.69) is 51.2 Å². The minimum Gasteiger partial charge on any atom is -0.490 e. The molecule has 2 nitrogen and oxygen atoms in total. The first-order chi connectivity index (χ1) is 9.54. The molecule has 0 saturated carbocycles. The van der Waals surface area contributed by atoms with Crippen LogP contribution in [-0.4, -0.2) is 18.7 Å². The van der Waals surface area contributed by atoms with Crippen LogP contribution >= 0.6 is 0 Å². The summed E-state index contributed by atoms with van der Waals surface area (Å²) in [5.41, 5.74) is 2.86. The second-order valence-electron chi connectivity index (χ2n) is 6.62. The van der Waals surface area contributed by atoms with Crippen LogP contribution in [0.2, 0.25) is 0 Å². The molecule has 2 atom stereocenters. The van der Waals surface area contributed by atoms with Crippen LogP contribution in [0.15, 0.2) is 18.2 Å². The van der Waals surface area contributed by atoms with Crippen LogP contribution in [0.3, 0.4) is 0 Å². The Morgan fingerprint density at radius 2 is 2.05 bits per heavy atom. The lowest BCUT2D eigenvalue weighted by atomic mass is 9.96. The van der Waals surface area contributed by atoms with Crippen molar-refractivity contribution in [3.8, 4) is 5.75 Å². The molecule has 1 aromatic rings. The molecule has 0 amide bonds. The first-order valence-corrected chi connectivity index (χ1v) is 8.06. The fraction of sp³-hybridized carbons (Fsp3) is 0.667. The lowest BCUT2D eigenvalue weighted by Gasteiger charge is -2.14. The van der Waals surface area contributed by atoms with Gasteiger partial charge in [-0.15, -0.1) is 0 Å². The van der Waals surface area contributed by atoms with Crippen molar-refractivity contribution in [3.05, 3.63) is 29.3 Å². The number of nitrogens with one attached hydrogen (secondary N) is 1. The van der Waals surface area contributed by atoms with Crippen molar-refractivity contribution < 1.29 is 4.74 Å². The molecule has 0 aromatic heterocycles. The van der Waals surface area contributed by atoms with E-state index in [1.807, 2.05) is 0 Å². The average Bonchev–Trinajstić information content (AvgIpc) is 2.75. The average molecular weight is 275 g/mol. The standard InChI is InChI=1S/C18H29NO/c1-13(2)19-10-9-14(3)5-6-16-7-8-18-17(12-16)11-15(4)20-18/h7-8,12-15,19H,5-6,9-11H2,1-4H3. The Kier molecular flexibility index (Phi) is 5.47. The van der Waals surface area contributed by atoms with Crippen LogP contribution in [0.4, 0.5) is 0 Å². The van der Waals surface area contributed by atoms with E-state index in [4.69, 9.17) is 4.74 Å². The SMILES string of the molecule is CC(CCNC(C)C)CCc1ccc2c(c1)CC(C)O2. The Bertz CT molecular complexity index is 427. The number of rotatable bonds is 7. The summed E-state index contributed by atoms with van der Waals surface area (Å²) in [6.07, 6.45) is 5.14. The molecule has 2 unspecified atom stereocenters. The van der Waals surface area contributed by atoms with E-state index in [1.54, 1.807) is 0 Å². The van der Waals surface area contributed by atoms with Crippen LogP contribution < -0.4 is 10.1 Å². The van der Waals surface area contributed by atoms with Gasteiger partial charge in [-0.1, -0.05) is 32.9 Å². The Labute approximate surface area is 123 Å². The quantitative estimate of drug-likeness (QED) is 0.813. The highest BCUT2D eigenvalue weighted by Crippen LogP contribution is 2.30. The van der Waals surface area contributed by atoms with Crippen LogP contribution in [0.25, 0.3) is 0 Å². The summed E-state index contributed by atoms with van der Waals surface area (Å²) in [5, 5.41) is 3.50. The maximum Gasteiger partial charge on any atom is 0.123 e. The van der Waals surface area contributed by atoms with Crippen molar-refractivity contribution >= 4 is 0 Å². The summed E-state index contributed by atoms with van der Waals surface area (Å²) in [4.78, 5) is 0. The van der Waals surface area contributed by atoms with Crippen LogP contribution in [0, 0.1) is 5.92 Å². The molecule has 1 aliphatic rings. The van der Waals surface area contributed by atoms with Gasteiger partial charge in [0.2, 0.25) is 0 Å². The molecule has 1 aliphatic heterocycles. The summed E-state index contributed by atoms with van der Waals surface area (Å²) in [7, 11) is 0. The third-order valence-electron chi connectivity index (χ3n) is 4.08. The predicted molar refractivity (Wildman–Crippen MR) is 85.5 cm³/mol. The maximum absolute atomic E-state index is 5.75. The first-order valence-electron chi connectivity index (χ1n) is 8.06. The molecule has 2 heteroatoms. The number of hydrogen-bond acceptors (Lipinski definition) is 2. The van der Waals surface area contributed by atoms with Gasteiger partial charge in [0.1, 0.15) is 11.9 Å². The number of benzene rings is 1. The molecule has 0 bridgehead atoms.